The van der Waals surface area contributed by atoms with Gasteiger partial charge in [0.25, 0.3) is 0 Å². The van der Waals surface area contributed by atoms with Gasteiger partial charge in [0, 0.05) is 13.1 Å². The molecule has 0 unspecified atom stereocenters. The average molecular weight is 254 g/mol. The monoisotopic (exact) mass is 254 g/mol. The van der Waals surface area contributed by atoms with Crippen LogP contribution < -0.4 is 5.32 Å². The molecule has 4 nitrogen and oxygen atoms in total. The summed E-state index contributed by atoms with van der Waals surface area (Å²) in [7, 11) is 0. The van der Waals surface area contributed by atoms with Crippen LogP contribution in [-0.2, 0) is 11.3 Å². The number of hydrogen-bond acceptors (Lipinski definition) is 3. The molecule has 0 bridgehead atoms. The van der Waals surface area contributed by atoms with Crippen molar-refractivity contribution in [1.29, 1.82) is 0 Å². The van der Waals surface area contributed by atoms with E-state index in [2.05, 4.69) is 5.32 Å². The van der Waals surface area contributed by atoms with Gasteiger partial charge in [0.2, 0.25) is 5.91 Å². The van der Waals surface area contributed by atoms with Crippen molar-refractivity contribution in [2.45, 2.75) is 20.4 Å². The number of rotatable bonds is 6. The first-order valence-electron chi connectivity index (χ1n) is 6.03. The van der Waals surface area contributed by atoms with Crippen molar-refractivity contribution in [2.24, 2.45) is 0 Å². The first kappa shape index (κ1) is 14.4. The minimum absolute atomic E-state index is 0.0430. The van der Waals surface area contributed by atoms with E-state index in [9.17, 15) is 9.18 Å². The van der Waals surface area contributed by atoms with Gasteiger partial charge in [0.05, 0.1) is 6.54 Å². The van der Waals surface area contributed by atoms with Crippen LogP contribution in [0.25, 0.3) is 0 Å². The number of aromatic hydroxyl groups is 1. The molecule has 5 heteroatoms. The number of benzene rings is 1. The van der Waals surface area contributed by atoms with E-state index >= 15 is 0 Å². The topological polar surface area (TPSA) is 52.6 Å². The highest BCUT2D eigenvalue weighted by molar-refractivity contribution is 5.77. The minimum Gasteiger partial charge on any atom is -0.505 e. The highest BCUT2D eigenvalue weighted by Gasteiger charge is 2.10. The summed E-state index contributed by atoms with van der Waals surface area (Å²) in [4.78, 5) is 13.4. The maximum Gasteiger partial charge on any atom is 0.234 e. The summed E-state index contributed by atoms with van der Waals surface area (Å²) < 4.78 is 13.2. The quantitative estimate of drug-likeness (QED) is 0.808. The molecule has 0 aliphatic carbocycles. The molecule has 1 aromatic carbocycles. The number of carbonyl (C=O) groups is 1. The number of likely N-dealkylation sites (N-methyl/N-ethyl adjacent to an activating group) is 2. The van der Waals surface area contributed by atoms with Crippen molar-refractivity contribution in [3.8, 4) is 5.75 Å². The van der Waals surface area contributed by atoms with Crippen LogP contribution in [0.4, 0.5) is 4.39 Å². The molecule has 0 spiro atoms. The zero-order valence-electron chi connectivity index (χ0n) is 10.7. The third kappa shape index (κ3) is 4.33. The van der Waals surface area contributed by atoms with Crippen molar-refractivity contribution in [2.75, 3.05) is 19.6 Å². The van der Waals surface area contributed by atoms with E-state index in [1.165, 1.54) is 12.1 Å². The Bertz CT molecular complexity index is 410. The first-order valence-corrected chi connectivity index (χ1v) is 6.03. The smallest absolute Gasteiger partial charge is 0.234 e. The number of hydrogen-bond donors (Lipinski definition) is 2. The van der Waals surface area contributed by atoms with Crippen LogP contribution in [0.1, 0.15) is 19.4 Å². The van der Waals surface area contributed by atoms with Gasteiger partial charge in [-0.3, -0.25) is 9.69 Å². The van der Waals surface area contributed by atoms with E-state index in [0.29, 0.717) is 19.6 Å². The van der Waals surface area contributed by atoms with E-state index < -0.39 is 5.82 Å². The summed E-state index contributed by atoms with van der Waals surface area (Å²) in [5.41, 5.74) is 0.733. The lowest BCUT2D eigenvalue weighted by atomic mass is 10.2. The molecular weight excluding hydrogens is 235 g/mol. The van der Waals surface area contributed by atoms with Crippen molar-refractivity contribution < 1.29 is 14.3 Å². The van der Waals surface area contributed by atoms with E-state index in [1.54, 1.807) is 6.07 Å². The second-order valence-corrected chi connectivity index (χ2v) is 4.04. The Kier molecular flexibility index (Phi) is 5.58. The lowest BCUT2D eigenvalue weighted by Crippen LogP contribution is -2.36. The van der Waals surface area contributed by atoms with Crippen molar-refractivity contribution in [3.05, 3.63) is 29.6 Å². The lowest BCUT2D eigenvalue weighted by molar-refractivity contribution is -0.122. The highest BCUT2D eigenvalue weighted by Crippen LogP contribution is 2.17. The van der Waals surface area contributed by atoms with Gasteiger partial charge < -0.3 is 10.4 Å². The maximum absolute atomic E-state index is 13.2. The van der Waals surface area contributed by atoms with Crippen LogP contribution in [0.2, 0.25) is 0 Å². The predicted octanol–water partition coefficient (Wildman–Crippen LogP) is 1.49. The maximum atomic E-state index is 13.2. The predicted molar refractivity (Wildman–Crippen MR) is 67.7 cm³/mol. The average Bonchev–Trinajstić information content (AvgIpc) is 2.33. The highest BCUT2D eigenvalue weighted by atomic mass is 19.1. The first-order chi connectivity index (χ1) is 8.56. The molecule has 100 valence electrons. The Balaban J connectivity index is 2.62. The molecule has 18 heavy (non-hydrogen) atoms. The molecule has 0 aliphatic heterocycles. The van der Waals surface area contributed by atoms with Gasteiger partial charge in [-0.25, -0.2) is 4.39 Å². The van der Waals surface area contributed by atoms with Crippen molar-refractivity contribution >= 4 is 5.91 Å². The number of carbonyl (C=O) groups excluding carboxylic acids is 1. The largest absolute Gasteiger partial charge is 0.505 e. The van der Waals surface area contributed by atoms with Gasteiger partial charge in [0.15, 0.2) is 11.6 Å². The van der Waals surface area contributed by atoms with Gasteiger partial charge >= 0.3 is 0 Å². The fraction of sp³-hybridized carbons (Fsp3) is 0.462. The number of phenols is 1. The molecule has 1 rings (SSSR count). The van der Waals surface area contributed by atoms with E-state index in [-0.39, 0.29) is 18.2 Å². The molecule has 2 N–H and O–H groups in total. The fourth-order valence-electron chi connectivity index (χ4n) is 1.64. The lowest BCUT2D eigenvalue weighted by Gasteiger charge is -2.19. The zero-order valence-corrected chi connectivity index (χ0v) is 10.7. The summed E-state index contributed by atoms with van der Waals surface area (Å²) in [5.74, 6) is -1.04. The molecule has 0 aromatic heterocycles. The Morgan fingerprint density at radius 2 is 2.17 bits per heavy atom. The number of nitrogens with zero attached hydrogens (tertiary/aromatic N) is 1. The zero-order chi connectivity index (χ0) is 13.5. The standard InChI is InChI=1S/C13H19FN2O2/c1-3-15-13(18)9-16(4-2)8-10-5-6-12(17)11(14)7-10/h5-7,17H,3-4,8-9H2,1-2H3,(H,15,18). The van der Waals surface area contributed by atoms with Crippen molar-refractivity contribution in [3.63, 3.8) is 0 Å². The van der Waals surface area contributed by atoms with Gasteiger partial charge in [-0.05, 0) is 31.2 Å². The van der Waals surface area contributed by atoms with E-state index in [4.69, 9.17) is 5.11 Å². The second kappa shape index (κ2) is 6.96. The minimum atomic E-state index is -0.637. The molecule has 0 radical (unpaired) electrons. The van der Waals surface area contributed by atoms with E-state index in [1.807, 2.05) is 18.7 Å². The summed E-state index contributed by atoms with van der Waals surface area (Å²) >= 11 is 0. The number of nitrogens with one attached hydrogen (secondary N) is 1. The van der Waals surface area contributed by atoms with Gasteiger partial charge in [0.1, 0.15) is 0 Å². The van der Waals surface area contributed by atoms with Gasteiger partial charge in [-0.2, -0.15) is 0 Å². The van der Waals surface area contributed by atoms with Crippen molar-refractivity contribution in [1.82, 2.24) is 10.2 Å². The molecule has 0 heterocycles. The number of halogens is 1. The van der Waals surface area contributed by atoms with Crippen LogP contribution in [0, 0.1) is 5.82 Å². The molecular formula is C13H19FN2O2. The third-order valence-corrected chi connectivity index (χ3v) is 2.61. The Morgan fingerprint density at radius 3 is 2.72 bits per heavy atom. The third-order valence-electron chi connectivity index (χ3n) is 2.61. The summed E-state index contributed by atoms with van der Waals surface area (Å²) in [6.07, 6.45) is 0. The van der Waals surface area contributed by atoms with Gasteiger partial charge in [-0.15, -0.1) is 0 Å². The Labute approximate surface area is 106 Å². The Morgan fingerprint density at radius 1 is 1.44 bits per heavy atom. The van der Waals surface area contributed by atoms with Crippen LogP contribution in [0.3, 0.4) is 0 Å². The SMILES string of the molecule is CCNC(=O)CN(CC)Cc1ccc(O)c(F)c1. The normalized spacial score (nSPS) is 10.7. The summed E-state index contributed by atoms with van der Waals surface area (Å²) in [6.45, 7) is 5.86. The fourth-order valence-corrected chi connectivity index (χ4v) is 1.64. The van der Waals surface area contributed by atoms with Crippen LogP contribution in [0.15, 0.2) is 18.2 Å². The molecule has 0 atom stereocenters. The molecule has 0 fully saturated rings. The molecule has 0 saturated heterocycles. The molecule has 1 aromatic rings. The van der Waals surface area contributed by atoms with E-state index in [0.717, 1.165) is 5.56 Å². The number of amides is 1. The summed E-state index contributed by atoms with van der Waals surface area (Å²) in [5, 5.41) is 11.8. The second-order valence-electron chi connectivity index (χ2n) is 4.04. The van der Waals surface area contributed by atoms with Crippen LogP contribution in [0.5, 0.6) is 5.75 Å². The van der Waals surface area contributed by atoms with Crippen LogP contribution >= 0.6 is 0 Å². The molecule has 0 saturated carbocycles. The number of phenolic OH excluding ortho intramolecular Hbond substituents is 1. The van der Waals surface area contributed by atoms with Gasteiger partial charge in [-0.1, -0.05) is 13.0 Å². The summed E-state index contributed by atoms with van der Waals surface area (Å²) in [6, 6.07) is 4.26. The molecule has 1 amide bonds. The Hall–Kier alpha value is -1.62. The molecule has 0 aliphatic rings. The van der Waals surface area contributed by atoms with Crippen LogP contribution in [-0.4, -0.2) is 35.5 Å².